The largest absolute Gasteiger partial charge is 0.382 e. The van der Waals surface area contributed by atoms with E-state index in [0.29, 0.717) is 5.76 Å². The fourth-order valence-electron chi connectivity index (χ4n) is 2.67. The fraction of sp³-hybridized carbons (Fsp3) is 0.429. The van der Waals surface area contributed by atoms with Gasteiger partial charge in [-0.25, -0.2) is 0 Å². The molecule has 0 aliphatic carbocycles. The first-order chi connectivity index (χ1) is 9.48. The molecule has 1 atom stereocenters. The third kappa shape index (κ3) is 2.47. The summed E-state index contributed by atoms with van der Waals surface area (Å²) in [5.41, 5.74) is 2.00. The maximum absolute atomic E-state index is 12.1. The summed E-state index contributed by atoms with van der Waals surface area (Å²) in [5.74, 6) is 1.53. The van der Waals surface area contributed by atoms with Crippen molar-refractivity contribution in [1.29, 1.82) is 0 Å². The standard InChI is InChI=1S/C14H17NO3S2/c1-15(2)12-9-20(16,17)18-14-10(12)7-8-19-13-6-4-3-5-11(13)14/h3-6,12H,7-9H2,1-2H3. The second kappa shape index (κ2) is 5.09. The van der Waals surface area contributed by atoms with Crippen LogP contribution in [-0.2, 0) is 14.3 Å². The van der Waals surface area contributed by atoms with Crippen LogP contribution in [0.2, 0.25) is 0 Å². The molecule has 0 saturated heterocycles. The summed E-state index contributed by atoms with van der Waals surface area (Å²) in [4.78, 5) is 3.06. The fourth-order valence-corrected chi connectivity index (χ4v) is 5.11. The maximum Gasteiger partial charge on any atom is 0.311 e. The molecule has 20 heavy (non-hydrogen) atoms. The van der Waals surface area contributed by atoms with E-state index in [1.165, 1.54) is 0 Å². The topological polar surface area (TPSA) is 46.6 Å². The molecule has 2 aliphatic heterocycles. The molecule has 2 aliphatic rings. The van der Waals surface area contributed by atoms with Crippen LogP contribution in [0.4, 0.5) is 0 Å². The third-order valence-electron chi connectivity index (χ3n) is 3.65. The first kappa shape index (κ1) is 14.0. The normalized spacial score (nSPS) is 24.6. The summed E-state index contributed by atoms with van der Waals surface area (Å²) in [5, 5.41) is 0. The van der Waals surface area contributed by atoms with E-state index < -0.39 is 10.1 Å². The van der Waals surface area contributed by atoms with Crippen LogP contribution in [0.15, 0.2) is 34.7 Å². The van der Waals surface area contributed by atoms with Crippen molar-refractivity contribution in [2.24, 2.45) is 0 Å². The lowest BCUT2D eigenvalue weighted by atomic mass is 9.99. The van der Waals surface area contributed by atoms with Crippen molar-refractivity contribution >= 4 is 27.6 Å². The molecular weight excluding hydrogens is 294 g/mol. The van der Waals surface area contributed by atoms with Crippen LogP contribution >= 0.6 is 11.8 Å². The van der Waals surface area contributed by atoms with Gasteiger partial charge in [0.2, 0.25) is 0 Å². The maximum atomic E-state index is 12.1. The van der Waals surface area contributed by atoms with Crippen molar-refractivity contribution in [1.82, 2.24) is 4.90 Å². The minimum atomic E-state index is -3.52. The highest BCUT2D eigenvalue weighted by molar-refractivity contribution is 7.99. The zero-order valence-corrected chi connectivity index (χ0v) is 13.1. The van der Waals surface area contributed by atoms with Crippen LogP contribution in [0.5, 0.6) is 0 Å². The van der Waals surface area contributed by atoms with Crippen molar-refractivity contribution in [2.75, 3.05) is 25.6 Å². The van der Waals surface area contributed by atoms with Gasteiger partial charge in [-0.3, -0.25) is 0 Å². The lowest BCUT2D eigenvalue weighted by Gasteiger charge is -2.32. The smallest absolute Gasteiger partial charge is 0.311 e. The van der Waals surface area contributed by atoms with Crippen LogP contribution in [0.25, 0.3) is 5.76 Å². The zero-order valence-electron chi connectivity index (χ0n) is 11.5. The Morgan fingerprint density at radius 3 is 2.80 bits per heavy atom. The highest BCUT2D eigenvalue weighted by atomic mass is 32.2. The molecule has 4 nitrogen and oxygen atoms in total. The summed E-state index contributed by atoms with van der Waals surface area (Å²) < 4.78 is 29.5. The molecule has 2 heterocycles. The highest BCUT2D eigenvalue weighted by Crippen LogP contribution is 2.41. The molecule has 0 aromatic heterocycles. The lowest BCUT2D eigenvalue weighted by Crippen LogP contribution is -2.40. The number of thioether (sulfide) groups is 1. The Morgan fingerprint density at radius 2 is 2.05 bits per heavy atom. The van der Waals surface area contributed by atoms with Gasteiger partial charge in [-0.05, 0) is 32.2 Å². The molecule has 6 heteroatoms. The van der Waals surface area contributed by atoms with Gasteiger partial charge in [0.1, 0.15) is 5.75 Å². The van der Waals surface area contributed by atoms with Crippen molar-refractivity contribution in [3.05, 3.63) is 35.4 Å². The van der Waals surface area contributed by atoms with Gasteiger partial charge < -0.3 is 9.08 Å². The molecule has 0 bridgehead atoms. The van der Waals surface area contributed by atoms with E-state index in [9.17, 15) is 8.42 Å². The van der Waals surface area contributed by atoms with Crippen molar-refractivity contribution < 1.29 is 12.6 Å². The van der Waals surface area contributed by atoms with Crippen molar-refractivity contribution in [2.45, 2.75) is 17.4 Å². The first-order valence-electron chi connectivity index (χ1n) is 6.52. The number of benzene rings is 1. The predicted molar refractivity (Wildman–Crippen MR) is 81.0 cm³/mol. The molecule has 1 aromatic carbocycles. The number of nitrogens with zero attached hydrogens (tertiary/aromatic N) is 1. The van der Waals surface area contributed by atoms with Crippen LogP contribution in [-0.4, -0.2) is 45.0 Å². The lowest BCUT2D eigenvalue weighted by molar-refractivity contribution is 0.322. The molecule has 0 fully saturated rings. The molecule has 0 N–H and O–H groups in total. The Kier molecular flexibility index (Phi) is 3.56. The highest BCUT2D eigenvalue weighted by Gasteiger charge is 2.36. The average molecular weight is 311 g/mol. The van der Waals surface area contributed by atoms with Gasteiger partial charge in [-0.15, -0.1) is 11.8 Å². The van der Waals surface area contributed by atoms with Gasteiger partial charge in [0.25, 0.3) is 0 Å². The van der Waals surface area contributed by atoms with Crippen molar-refractivity contribution in [3.8, 4) is 0 Å². The van der Waals surface area contributed by atoms with E-state index in [-0.39, 0.29) is 11.8 Å². The molecule has 0 spiro atoms. The Morgan fingerprint density at radius 1 is 1.30 bits per heavy atom. The molecule has 3 rings (SSSR count). The molecule has 0 amide bonds. The van der Waals surface area contributed by atoms with E-state index in [2.05, 4.69) is 0 Å². The first-order valence-corrected chi connectivity index (χ1v) is 9.08. The molecule has 1 unspecified atom stereocenters. The second-order valence-corrected chi connectivity index (χ2v) is 7.99. The van der Waals surface area contributed by atoms with Gasteiger partial charge in [0, 0.05) is 16.2 Å². The number of hydrogen-bond donors (Lipinski definition) is 0. The van der Waals surface area contributed by atoms with Crippen LogP contribution < -0.4 is 0 Å². The summed E-state index contributed by atoms with van der Waals surface area (Å²) in [6.45, 7) is 0. The summed E-state index contributed by atoms with van der Waals surface area (Å²) in [6.07, 6.45) is 0.854. The van der Waals surface area contributed by atoms with Gasteiger partial charge in [-0.1, -0.05) is 18.2 Å². The number of fused-ring (bicyclic) bond motifs is 2. The molecule has 1 aromatic rings. The Bertz CT molecular complexity index is 665. The molecule has 0 saturated carbocycles. The van der Waals surface area contributed by atoms with Gasteiger partial charge in [0.05, 0.1) is 6.04 Å². The second-order valence-electron chi connectivity index (χ2n) is 5.24. The van der Waals surface area contributed by atoms with Gasteiger partial charge >= 0.3 is 10.1 Å². The minimum absolute atomic E-state index is 0.0334. The summed E-state index contributed by atoms with van der Waals surface area (Å²) in [7, 11) is 0.318. The van der Waals surface area contributed by atoms with Crippen LogP contribution in [0.3, 0.4) is 0 Å². The van der Waals surface area contributed by atoms with Gasteiger partial charge in [-0.2, -0.15) is 8.42 Å². The monoisotopic (exact) mass is 311 g/mol. The number of hydrogen-bond acceptors (Lipinski definition) is 5. The number of rotatable bonds is 1. The SMILES string of the molecule is CN(C)C1CS(=O)(=O)OC2=C1CCSc1ccccc12. The minimum Gasteiger partial charge on any atom is -0.382 e. The Hall–Kier alpha value is -0.980. The Balaban J connectivity index is 2.20. The predicted octanol–water partition coefficient (Wildman–Crippen LogP) is 2.18. The van der Waals surface area contributed by atoms with E-state index in [4.69, 9.17) is 4.18 Å². The van der Waals surface area contributed by atoms with Crippen LogP contribution in [0.1, 0.15) is 12.0 Å². The van der Waals surface area contributed by atoms with Gasteiger partial charge in [0.15, 0.2) is 5.76 Å². The molecule has 0 radical (unpaired) electrons. The van der Waals surface area contributed by atoms with Crippen molar-refractivity contribution in [3.63, 3.8) is 0 Å². The average Bonchev–Trinajstić information content (AvgIpc) is 2.56. The quantitative estimate of drug-likeness (QED) is 0.744. The van der Waals surface area contributed by atoms with E-state index >= 15 is 0 Å². The van der Waals surface area contributed by atoms with Crippen LogP contribution in [0, 0.1) is 0 Å². The molecular formula is C14H17NO3S2. The summed E-state index contributed by atoms with van der Waals surface area (Å²) >= 11 is 1.75. The van der Waals surface area contributed by atoms with E-state index in [0.717, 1.165) is 28.2 Å². The molecule has 108 valence electrons. The number of likely N-dealkylation sites (N-methyl/N-ethyl adjacent to an activating group) is 1. The van der Waals surface area contributed by atoms with E-state index in [1.807, 2.05) is 43.3 Å². The Labute approximate surface area is 123 Å². The summed E-state index contributed by atoms with van der Waals surface area (Å²) in [6, 6.07) is 7.75. The third-order valence-corrected chi connectivity index (χ3v) is 5.87. The zero-order chi connectivity index (χ0) is 14.3. The van der Waals surface area contributed by atoms with E-state index in [1.54, 1.807) is 11.8 Å².